The number of carbonyl (C=O) groups is 1. The molecule has 6 atom stereocenters. The second-order valence-corrected chi connectivity index (χ2v) is 8.54. The zero-order chi connectivity index (χ0) is 18.4. The van der Waals surface area contributed by atoms with Gasteiger partial charge in [0, 0.05) is 5.41 Å². The molecule has 0 bridgehead atoms. The third-order valence-corrected chi connectivity index (χ3v) is 7.23. The van der Waals surface area contributed by atoms with Gasteiger partial charge in [-0.25, -0.2) is 4.79 Å². The predicted octanol–water partition coefficient (Wildman–Crippen LogP) is 1.96. The molecule has 5 heteroatoms. The molecule has 1 aliphatic heterocycles. The van der Waals surface area contributed by atoms with Gasteiger partial charge < -0.3 is 20.1 Å². The molecule has 3 aliphatic rings. The lowest BCUT2D eigenvalue weighted by atomic mass is 9.46. The van der Waals surface area contributed by atoms with Gasteiger partial charge in [-0.1, -0.05) is 32.1 Å². The molecule has 0 radical (unpaired) electrons. The first-order chi connectivity index (χ1) is 11.7. The number of rotatable bonds is 3. The number of esters is 1. The zero-order valence-corrected chi connectivity index (χ0v) is 15.2. The van der Waals surface area contributed by atoms with Gasteiger partial charge >= 0.3 is 5.97 Å². The number of aliphatic hydroxyl groups is 3. The average molecular weight is 350 g/mol. The minimum atomic E-state index is -0.844. The maximum absolute atomic E-state index is 11.8. The molecule has 3 N–H and O–H groups in total. The number of hydrogen-bond donors (Lipinski definition) is 3. The van der Waals surface area contributed by atoms with Crippen molar-refractivity contribution >= 4 is 5.97 Å². The monoisotopic (exact) mass is 350 g/mol. The van der Waals surface area contributed by atoms with E-state index in [-0.39, 0.29) is 30.5 Å². The second kappa shape index (κ2) is 6.53. The van der Waals surface area contributed by atoms with Crippen LogP contribution >= 0.6 is 0 Å². The standard InChI is InChI=1S/C20H30O5/c1-12-4-7-16-19(2,9-8-17(23)20(16,3)11-21)14(12)6-5-13-15(22)10-25-18(13)24/h5,14-17,21-23H,1,4,6-11H2,2-3H3/b13-5+/t14?,15?,16?,17?,19-,20+/m1/s1. The first-order valence-corrected chi connectivity index (χ1v) is 9.26. The van der Waals surface area contributed by atoms with Crippen LogP contribution in [0.15, 0.2) is 23.8 Å². The quantitative estimate of drug-likeness (QED) is 0.411. The lowest BCUT2D eigenvalue weighted by Gasteiger charge is -2.59. The molecule has 1 saturated heterocycles. The van der Waals surface area contributed by atoms with Crippen LogP contribution in [0, 0.1) is 22.7 Å². The van der Waals surface area contributed by atoms with Crippen molar-refractivity contribution in [1.29, 1.82) is 0 Å². The van der Waals surface area contributed by atoms with Crippen molar-refractivity contribution in [1.82, 2.24) is 0 Å². The maximum atomic E-state index is 11.8. The topological polar surface area (TPSA) is 87.0 Å². The van der Waals surface area contributed by atoms with E-state index in [1.807, 2.05) is 13.0 Å². The first kappa shape index (κ1) is 18.6. The van der Waals surface area contributed by atoms with Gasteiger partial charge in [-0.05, 0) is 49.4 Å². The smallest absolute Gasteiger partial charge is 0.336 e. The van der Waals surface area contributed by atoms with Crippen LogP contribution in [0.4, 0.5) is 0 Å². The van der Waals surface area contributed by atoms with E-state index in [2.05, 4.69) is 13.5 Å². The summed E-state index contributed by atoms with van der Waals surface area (Å²) in [6.07, 6.45) is 4.42. The lowest BCUT2D eigenvalue weighted by molar-refractivity contribution is -0.151. The fourth-order valence-corrected chi connectivity index (χ4v) is 5.56. The molecule has 140 valence electrons. The largest absolute Gasteiger partial charge is 0.459 e. The fourth-order valence-electron chi connectivity index (χ4n) is 5.56. The Kier molecular flexibility index (Phi) is 4.86. The van der Waals surface area contributed by atoms with Gasteiger partial charge in [0.15, 0.2) is 0 Å². The maximum Gasteiger partial charge on any atom is 0.336 e. The van der Waals surface area contributed by atoms with Gasteiger partial charge in [0.1, 0.15) is 12.7 Å². The van der Waals surface area contributed by atoms with E-state index in [0.717, 1.165) is 24.8 Å². The molecule has 5 nitrogen and oxygen atoms in total. The van der Waals surface area contributed by atoms with Gasteiger partial charge in [0.2, 0.25) is 0 Å². The van der Waals surface area contributed by atoms with Crippen molar-refractivity contribution in [2.75, 3.05) is 13.2 Å². The van der Waals surface area contributed by atoms with Crippen LogP contribution in [0.25, 0.3) is 0 Å². The van der Waals surface area contributed by atoms with Crippen LogP contribution in [0.2, 0.25) is 0 Å². The third kappa shape index (κ3) is 2.86. The Bertz CT molecular complexity index is 597. The molecule has 0 aromatic heterocycles. The summed E-state index contributed by atoms with van der Waals surface area (Å²) >= 11 is 0. The van der Waals surface area contributed by atoms with E-state index in [0.29, 0.717) is 18.4 Å². The molecule has 0 spiro atoms. The summed E-state index contributed by atoms with van der Waals surface area (Å²) in [5.41, 5.74) is 0.911. The highest BCUT2D eigenvalue weighted by atomic mass is 16.6. The number of allylic oxidation sites excluding steroid dienone is 2. The molecule has 25 heavy (non-hydrogen) atoms. The van der Waals surface area contributed by atoms with E-state index < -0.39 is 23.6 Å². The molecular weight excluding hydrogens is 320 g/mol. The van der Waals surface area contributed by atoms with E-state index in [4.69, 9.17) is 4.74 Å². The molecule has 0 amide bonds. The highest BCUT2D eigenvalue weighted by molar-refractivity contribution is 5.91. The van der Waals surface area contributed by atoms with Gasteiger partial charge in [0.25, 0.3) is 0 Å². The molecule has 2 saturated carbocycles. The molecular formula is C20H30O5. The summed E-state index contributed by atoms with van der Waals surface area (Å²) in [5, 5.41) is 30.4. The van der Waals surface area contributed by atoms with Crippen molar-refractivity contribution in [2.45, 2.75) is 58.2 Å². The molecule has 4 unspecified atom stereocenters. The Morgan fingerprint density at radius 3 is 2.64 bits per heavy atom. The number of fused-ring (bicyclic) bond motifs is 1. The average Bonchev–Trinajstić information content (AvgIpc) is 2.89. The van der Waals surface area contributed by atoms with Crippen molar-refractivity contribution in [3.8, 4) is 0 Å². The summed E-state index contributed by atoms with van der Waals surface area (Å²) in [7, 11) is 0. The minimum absolute atomic E-state index is 0.0280. The van der Waals surface area contributed by atoms with Gasteiger partial charge in [-0.15, -0.1) is 0 Å². The minimum Gasteiger partial charge on any atom is -0.459 e. The molecule has 3 fully saturated rings. The van der Waals surface area contributed by atoms with Crippen molar-refractivity contribution < 1.29 is 24.9 Å². The second-order valence-electron chi connectivity index (χ2n) is 8.54. The third-order valence-electron chi connectivity index (χ3n) is 7.23. The summed E-state index contributed by atoms with van der Waals surface area (Å²) in [5.74, 6) is -0.0734. The van der Waals surface area contributed by atoms with Crippen molar-refractivity contribution in [3.63, 3.8) is 0 Å². The Balaban J connectivity index is 1.89. The molecule has 0 aromatic carbocycles. The van der Waals surface area contributed by atoms with Gasteiger partial charge in [-0.2, -0.15) is 0 Å². The van der Waals surface area contributed by atoms with Crippen LogP contribution in [0.5, 0.6) is 0 Å². The summed E-state index contributed by atoms with van der Waals surface area (Å²) in [4.78, 5) is 11.8. The predicted molar refractivity (Wildman–Crippen MR) is 93.6 cm³/mol. The van der Waals surface area contributed by atoms with Gasteiger partial charge in [0.05, 0.1) is 18.3 Å². The van der Waals surface area contributed by atoms with E-state index >= 15 is 0 Å². The van der Waals surface area contributed by atoms with Crippen LogP contribution in [-0.4, -0.2) is 46.7 Å². The normalized spacial score (nSPS) is 46.2. The number of cyclic esters (lactones) is 1. The Labute approximate surface area is 149 Å². The first-order valence-electron chi connectivity index (χ1n) is 9.26. The Morgan fingerprint density at radius 2 is 2.04 bits per heavy atom. The Morgan fingerprint density at radius 1 is 1.32 bits per heavy atom. The van der Waals surface area contributed by atoms with Crippen LogP contribution < -0.4 is 0 Å². The highest BCUT2D eigenvalue weighted by Gasteiger charge is 2.57. The highest BCUT2D eigenvalue weighted by Crippen LogP contribution is 2.61. The molecule has 0 aromatic rings. The van der Waals surface area contributed by atoms with Crippen LogP contribution in [0.3, 0.4) is 0 Å². The molecule has 3 rings (SSSR count). The lowest BCUT2D eigenvalue weighted by Crippen LogP contribution is -2.57. The van der Waals surface area contributed by atoms with Crippen molar-refractivity contribution in [2.24, 2.45) is 22.7 Å². The SMILES string of the molecule is C=C1CCC2[C@](C)(CO)C(O)CC[C@]2(C)C1C/C=C1/C(=O)OCC1O. The number of hydrogen-bond acceptors (Lipinski definition) is 5. The summed E-state index contributed by atoms with van der Waals surface area (Å²) < 4.78 is 4.90. The number of ether oxygens (including phenoxy) is 1. The zero-order valence-electron chi connectivity index (χ0n) is 15.2. The summed E-state index contributed by atoms with van der Waals surface area (Å²) in [6.45, 7) is 8.50. The van der Waals surface area contributed by atoms with Crippen molar-refractivity contribution in [3.05, 3.63) is 23.8 Å². The molecule has 2 aliphatic carbocycles. The number of aliphatic hydroxyl groups excluding tert-OH is 3. The van der Waals surface area contributed by atoms with E-state index in [9.17, 15) is 20.1 Å². The van der Waals surface area contributed by atoms with Gasteiger partial charge in [-0.3, -0.25) is 0 Å². The van der Waals surface area contributed by atoms with E-state index in [1.54, 1.807) is 0 Å². The number of carbonyl (C=O) groups excluding carboxylic acids is 1. The summed E-state index contributed by atoms with van der Waals surface area (Å²) in [6, 6.07) is 0. The fraction of sp³-hybridized carbons (Fsp3) is 0.750. The van der Waals surface area contributed by atoms with Crippen LogP contribution in [0.1, 0.15) is 46.0 Å². The van der Waals surface area contributed by atoms with Crippen LogP contribution in [-0.2, 0) is 9.53 Å². The van der Waals surface area contributed by atoms with E-state index in [1.165, 1.54) is 0 Å². The molecule has 1 heterocycles. The Hall–Kier alpha value is -1.17.